The van der Waals surface area contributed by atoms with Crippen LogP contribution in [0.1, 0.15) is 24.5 Å². The van der Waals surface area contributed by atoms with Gasteiger partial charge in [0.25, 0.3) is 0 Å². The predicted molar refractivity (Wildman–Crippen MR) is 66.5 cm³/mol. The van der Waals surface area contributed by atoms with Crippen molar-refractivity contribution in [3.8, 4) is 5.75 Å². The van der Waals surface area contributed by atoms with Gasteiger partial charge in [0.1, 0.15) is 5.75 Å². The van der Waals surface area contributed by atoms with Gasteiger partial charge < -0.3 is 14.4 Å². The zero-order valence-electron chi connectivity index (χ0n) is 10.2. The van der Waals surface area contributed by atoms with Crippen LogP contribution >= 0.6 is 11.3 Å². The molecule has 1 aromatic carbocycles. The van der Waals surface area contributed by atoms with E-state index in [1.165, 1.54) is 12.1 Å². The average molecular weight is 304 g/mol. The Kier molecular flexibility index (Phi) is 3.02. The summed E-state index contributed by atoms with van der Waals surface area (Å²) >= 11 is 1.08. The van der Waals surface area contributed by atoms with E-state index in [2.05, 4.69) is 4.74 Å². The van der Waals surface area contributed by atoms with Crippen LogP contribution < -0.4 is 9.54 Å². The Labute approximate surface area is 115 Å². The molecule has 2 N–H and O–H groups in total. The van der Waals surface area contributed by atoms with Crippen molar-refractivity contribution < 1.29 is 23.0 Å². The summed E-state index contributed by atoms with van der Waals surface area (Å²) < 4.78 is 43.2. The van der Waals surface area contributed by atoms with Crippen LogP contribution in [0.5, 0.6) is 5.75 Å². The van der Waals surface area contributed by atoms with E-state index in [9.17, 15) is 18.3 Å². The van der Waals surface area contributed by atoms with Crippen molar-refractivity contribution in [2.24, 2.45) is 0 Å². The number of aliphatic hydroxyl groups excluding tert-OH is 1. The van der Waals surface area contributed by atoms with Crippen LogP contribution in [0.25, 0.3) is 10.2 Å². The summed E-state index contributed by atoms with van der Waals surface area (Å²) in [4.78, 5) is 0.263. The summed E-state index contributed by atoms with van der Waals surface area (Å²) in [6.07, 6.45) is -4.48. The highest BCUT2D eigenvalue weighted by Gasteiger charge is 2.32. The van der Waals surface area contributed by atoms with Crippen LogP contribution in [0.4, 0.5) is 13.2 Å². The van der Waals surface area contributed by atoms with Crippen molar-refractivity contribution in [2.45, 2.75) is 31.9 Å². The second-order valence-electron chi connectivity index (χ2n) is 4.62. The fraction of sp³-hybridized carbons (Fsp3) is 0.417. The number of nitrogens with zero attached hydrogens (tertiary/aromatic N) is 1. The standard InChI is InChI=1S/C12H11F3N2O2S/c13-12(14,15)19-6-4-7-8(18)2-1-3-17-10(7)9(5-6)20-11(17)16/h4-5,8,16,18H,1-3H2. The number of aryl methyl sites for hydroxylation is 1. The Bertz CT molecular complexity index is 720. The molecule has 1 atom stereocenters. The van der Waals surface area contributed by atoms with Crippen LogP contribution in [0.3, 0.4) is 0 Å². The number of alkyl halides is 3. The number of aromatic nitrogens is 1. The molecule has 0 aliphatic carbocycles. The number of ether oxygens (including phenoxy) is 1. The minimum absolute atomic E-state index is 0.263. The van der Waals surface area contributed by atoms with E-state index in [0.717, 1.165) is 11.3 Å². The number of benzene rings is 1. The van der Waals surface area contributed by atoms with Gasteiger partial charge in [0.15, 0.2) is 4.80 Å². The first kappa shape index (κ1) is 13.4. The third-order valence-electron chi connectivity index (χ3n) is 3.25. The zero-order valence-corrected chi connectivity index (χ0v) is 11.0. The first-order valence-corrected chi connectivity index (χ1v) is 6.82. The van der Waals surface area contributed by atoms with Gasteiger partial charge in [0.2, 0.25) is 0 Å². The second kappa shape index (κ2) is 4.49. The van der Waals surface area contributed by atoms with E-state index in [1.54, 1.807) is 4.57 Å². The summed E-state index contributed by atoms with van der Waals surface area (Å²) in [6.45, 7) is 0.586. The van der Waals surface area contributed by atoms with Crippen molar-refractivity contribution in [3.63, 3.8) is 0 Å². The highest BCUT2D eigenvalue weighted by Crippen LogP contribution is 2.36. The van der Waals surface area contributed by atoms with Crippen LogP contribution in [0, 0.1) is 5.41 Å². The number of nitrogens with one attached hydrogen (secondary N) is 1. The Morgan fingerprint density at radius 1 is 1.40 bits per heavy atom. The molecule has 0 bridgehead atoms. The molecule has 0 saturated carbocycles. The Hall–Kier alpha value is -1.54. The van der Waals surface area contributed by atoms with Gasteiger partial charge in [-0.05, 0) is 25.0 Å². The maximum absolute atomic E-state index is 12.3. The maximum atomic E-state index is 12.3. The van der Waals surface area contributed by atoms with E-state index in [4.69, 9.17) is 5.41 Å². The Morgan fingerprint density at radius 3 is 2.85 bits per heavy atom. The Balaban J connectivity index is 2.23. The molecule has 1 aromatic heterocycles. The molecule has 1 aliphatic heterocycles. The first-order chi connectivity index (χ1) is 9.35. The average Bonchev–Trinajstić information content (AvgIpc) is 2.51. The summed E-state index contributed by atoms with van der Waals surface area (Å²) in [5.74, 6) is -0.352. The predicted octanol–water partition coefficient (Wildman–Crippen LogP) is 2.91. The van der Waals surface area contributed by atoms with Gasteiger partial charge in [0, 0.05) is 12.1 Å². The molecule has 0 spiro atoms. The molecule has 0 fully saturated rings. The van der Waals surface area contributed by atoms with Crippen molar-refractivity contribution in [2.75, 3.05) is 0 Å². The maximum Gasteiger partial charge on any atom is 0.573 e. The number of aliphatic hydroxyl groups is 1. The molecule has 3 rings (SSSR count). The normalized spacial score (nSPS) is 19.1. The molecule has 2 heterocycles. The van der Waals surface area contributed by atoms with Gasteiger partial charge >= 0.3 is 6.36 Å². The van der Waals surface area contributed by atoms with Crippen LogP contribution in [0.15, 0.2) is 12.1 Å². The number of hydrogen-bond acceptors (Lipinski definition) is 4. The highest BCUT2D eigenvalue weighted by atomic mass is 32.1. The van der Waals surface area contributed by atoms with Gasteiger partial charge in [-0.2, -0.15) is 0 Å². The van der Waals surface area contributed by atoms with E-state index < -0.39 is 12.5 Å². The number of halogens is 3. The van der Waals surface area contributed by atoms with Gasteiger partial charge in [-0.15, -0.1) is 13.2 Å². The van der Waals surface area contributed by atoms with E-state index in [1.807, 2.05) is 0 Å². The number of rotatable bonds is 1. The second-order valence-corrected chi connectivity index (χ2v) is 5.65. The van der Waals surface area contributed by atoms with Crippen molar-refractivity contribution >= 4 is 21.6 Å². The lowest BCUT2D eigenvalue weighted by Crippen LogP contribution is -2.17. The van der Waals surface area contributed by atoms with Crippen molar-refractivity contribution in [1.29, 1.82) is 5.41 Å². The Morgan fingerprint density at radius 2 is 2.15 bits per heavy atom. The highest BCUT2D eigenvalue weighted by molar-refractivity contribution is 7.16. The number of thiazole rings is 1. The van der Waals surface area contributed by atoms with Crippen LogP contribution in [-0.2, 0) is 6.54 Å². The summed E-state index contributed by atoms with van der Waals surface area (Å²) in [7, 11) is 0. The molecule has 20 heavy (non-hydrogen) atoms. The molecule has 2 aromatic rings. The minimum atomic E-state index is -4.77. The third-order valence-corrected chi connectivity index (χ3v) is 4.20. The van der Waals surface area contributed by atoms with Gasteiger partial charge in [-0.25, -0.2) is 0 Å². The molecule has 108 valence electrons. The summed E-state index contributed by atoms with van der Waals surface area (Å²) in [5, 5.41) is 18.0. The van der Waals surface area contributed by atoms with Crippen LogP contribution in [-0.4, -0.2) is 16.0 Å². The topological polar surface area (TPSA) is 58.2 Å². The SMILES string of the molecule is N=c1sc2cc(OC(F)(F)F)cc3c2n1CCCC3O. The zero-order chi connectivity index (χ0) is 14.5. The molecule has 0 amide bonds. The largest absolute Gasteiger partial charge is 0.573 e. The van der Waals surface area contributed by atoms with Crippen LogP contribution in [0.2, 0.25) is 0 Å². The molecule has 0 radical (unpaired) electrons. The smallest absolute Gasteiger partial charge is 0.406 e. The fourth-order valence-corrected chi connectivity index (χ4v) is 3.49. The molecular formula is C12H11F3N2O2S. The van der Waals surface area contributed by atoms with Crippen molar-refractivity contribution in [3.05, 3.63) is 22.5 Å². The van der Waals surface area contributed by atoms with E-state index in [0.29, 0.717) is 35.2 Å². The lowest BCUT2D eigenvalue weighted by atomic mass is 10.0. The molecular weight excluding hydrogens is 293 g/mol. The fourth-order valence-electron chi connectivity index (χ4n) is 2.49. The minimum Gasteiger partial charge on any atom is -0.406 e. The van der Waals surface area contributed by atoms with E-state index in [-0.39, 0.29) is 10.6 Å². The molecule has 4 nitrogen and oxygen atoms in total. The lowest BCUT2D eigenvalue weighted by Gasteiger charge is -2.13. The monoisotopic (exact) mass is 304 g/mol. The molecule has 1 aliphatic rings. The molecule has 8 heteroatoms. The number of hydrogen-bond donors (Lipinski definition) is 2. The summed E-state index contributed by atoms with van der Waals surface area (Å²) in [5.41, 5.74) is 1.04. The van der Waals surface area contributed by atoms with Gasteiger partial charge in [-0.1, -0.05) is 11.3 Å². The first-order valence-electron chi connectivity index (χ1n) is 6.01. The van der Waals surface area contributed by atoms with Gasteiger partial charge in [-0.3, -0.25) is 5.41 Å². The third kappa shape index (κ3) is 2.29. The lowest BCUT2D eigenvalue weighted by molar-refractivity contribution is -0.274. The summed E-state index contributed by atoms with van der Waals surface area (Å²) in [6, 6.07) is 2.48. The van der Waals surface area contributed by atoms with Crippen molar-refractivity contribution in [1.82, 2.24) is 4.57 Å². The molecule has 1 unspecified atom stereocenters. The quantitative estimate of drug-likeness (QED) is 0.851. The van der Waals surface area contributed by atoms with E-state index >= 15 is 0 Å². The van der Waals surface area contributed by atoms with Gasteiger partial charge in [0.05, 0.1) is 16.3 Å². The molecule has 0 saturated heterocycles.